The van der Waals surface area contributed by atoms with Crippen molar-refractivity contribution in [2.75, 3.05) is 0 Å². The Morgan fingerprint density at radius 3 is 1.21 bits per heavy atom. The number of benzene rings is 16. The van der Waals surface area contributed by atoms with Crippen LogP contribution in [0.15, 0.2) is 320 Å². The number of para-hydroxylation sites is 1. The lowest BCUT2D eigenvalue weighted by molar-refractivity contribution is 0.661. The van der Waals surface area contributed by atoms with Gasteiger partial charge in [-0.2, -0.15) is 0 Å². The number of nitrogens with zero attached hydrogens (tertiary/aromatic N) is 6. The van der Waals surface area contributed by atoms with Crippen LogP contribution >= 0.6 is 0 Å². The molecule has 0 radical (unpaired) electrons. The molecule has 0 atom stereocenters. The Bertz CT molecular complexity index is 6720. The lowest BCUT2D eigenvalue weighted by Gasteiger charge is -2.24. The molecular formula is C96H64N6O. The van der Waals surface area contributed by atoms with Gasteiger partial charge in [-0.15, -0.1) is 0 Å². The Morgan fingerprint density at radius 2 is 0.592 bits per heavy atom. The molecule has 0 aliphatic heterocycles. The van der Waals surface area contributed by atoms with Gasteiger partial charge in [0.25, 0.3) is 0 Å². The van der Waals surface area contributed by atoms with Gasteiger partial charge in [0, 0.05) is 55.0 Å². The summed E-state index contributed by atoms with van der Waals surface area (Å²) in [6.07, 6.45) is 0. The number of hydrogen-bond acceptors (Lipinski definition) is 7. The first-order valence-electron chi connectivity index (χ1n) is 35.3. The highest BCUT2D eigenvalue weighted by molar-refractivity contribution is 6.27. The summed E-state index contributed by atoms with van der Waals surface area (Å²) in [6, 6.07) is 112. The Morgan fingerprint density at radius 1 is 0.223 bits per heavy atom. The standard InChI is InChI=1S/C48H31N3O.C48H33N3/c1-48(2)39-18-10-8-17-37(39)43-36-16-7-6-15-35(36)42-32-23-21-30(26-29(32)20-25-38(42)44(43)48)46-49-45(28-12-4-3-5-13-28)50-47(51-46)31-22-24-34-33-14-9-11-19-40(33)52-41(34)27-31;1-48(2)41-16-10-9-15-40(41)44-39-26-23-32-19-22-35-29-36(24-25-37(35)43(32)38(39)27-28-42(44)48)47-50-45(33-13-7-4-8-14-33)49-46(51-47)34-20-17-31(18-21-34)30-11-5-3-6-12-30/h3-27H,1-2H3;3-29H,1-2H3. The van der Waals surface area contributed by atoms with Crippen LogP contribution in [0.25, 0.3) is 188 Å². The van der Waals surface area contributed by atoms with Gasteiger partial charge in [-0.05, 0) is 151 Å². The molecule has 0 bridgehead atoms. The SMILES string of the molecule is CC1(C)c2ccccc2-c2c1c1ccc3cc(-c4nc(-c5ccccc5)nc(-c5ccc6c(c5)oc5ccccc56)n4)ccc3c1c1ccccc21.CC1(C)c2ccccc2-c2c1ccc1c2ccc2ccc3cc(-c4nc(-c5ccccc5)nc(-c5ccc(-c6ccccc6)cc5)n4)ccc3c21. The topological polar surface area (TPSA) is 90.5 Å². The van der Waals surface area contributed by atoms with Gasteiger partial charge >= 0.3 is 0 Å². The third-order valence-electron chi connectivity index (χ3n) is 21.8. The zero-order valence-corrected chi connectivity index (χ0v) is 57.1. The smallest absolute Gasteiger partial charge is 0.164 e. The molecule has 484 valence electrons. The first kappa shape index (κ1) is 59.9. The third-order valence-corrected chi connectivity index (χ3v) is 21.8. The fraction of sp³-hybridized carbons (Fsp3) is 0.0625. The van der Waals surface area contributed by atoms with Crippen molar-refractivity contribution < 1.29 is 4.42 Å². The van der Waals surface area contributed by atoms with Crippen molar-refractivity contribution in [1.29, 1.82) is 0 Å². The number of hydrogen-bond donors (Lipinski definition) is 0. The second-order valence-corrected chi connectivity index (χ2v) is 28.4. The average Bonchev–Trinajstić information content (AvgIpc) is 1.57. The largest absolute Gasteiger partial charge is 0.456 e. The average molecular weight is 1320 g/mol. The number of rotatable bonds is 7. The predicted octanol–water partition coefficient (Wildman–Crippen LogP) is 24.8. The van der Waals surface area contributed by atoms with Gasteiger partial charge in [0.05, 0.1) is 0 Å². The molecule has 0 N–H and O–H groups in total. The van der Waals surface area contributed by atoms with Crippen molar-refractivity contribution in [3.05, 3.63) is 338 Å². The number of furan rings is 1. The molecule has 7 nitrogen and oxygen atoms in total. The zero-order valence-electron chi connectivity index (χ0n) is 57.1. The molecule has 7 heteroatoms. The summed E-state index contributed by atoms with van der Waals surface area (Å²) >= 11 is 0. The van der Waals surface area contributed by atoms with Gasteiger partial charge in [-0.3, -0.25) is 0 Å². The van der Waals surface area contributed by atoms with Gasteiger partial charge in [-0.25, -0.2) is 29.9 Å². The van der Waals surface area contributed by atoms with Crippen LogP contribution in [0.3, 0.4) is 0 Å². The van der Waals surface area contributed by atoms with Crippen molar-refractivity contribution in [2.24, 2.45) is 0 Å². The zero-order chi connectivity index (χ0) is 68.7. The number of fused-ring (bicyclic) bond motifs is 22. The van der Waals surface area contributed by atoms with E-state index < -0.39 is 0 Å². The molecule has 0 saturated carbocycles. The minimum absolute atomic E-state index is 0.0331. The quantitative estimate of drug-likeness (QED) is 0.147. The Kier molecular flexibility index (Phi) is 13.5. The van der Waals surface area contributed by atoms with E-state index in [0.717, 1.165) is 71.7 Å². The molecule has 0 spiro atoms. The van der Waals surface area contributed by atoms with Gasteiger partial charge in [0.2, 0.25) is 0 Å². The van der Waals surface area contributed by atoms with Gasteiger partial charge in [-0.1, -0.05) is 313 Å². The number of aromatic nitrogens is 6. The van der Waals surface area contributed by atoms with Gasteiger partial charge in [0.1, 0.15) is 11.2 Å². The second kappa shape index (κ2) is 23.2. The van der Waals surface area contributed by atoms with Crippen LogP contribution in [0.5, 0.6) is 0 Å². The van der Waals surface area contributed by atoms with E-state index in [-0.39, 0.29) is 10.8 Å². The maximum atomic E-state index is 6.25. The molecule has 21 rings (SSSR count). The Balaban J connectivity index is 0.000000138. The first-order valence-corrected chi connectivity index (χ1v) is 35.3. The normalized spacial score (nSPS) is 13.2. The molecule has 0 amide bonds. The minimum Gasteiger partial charge on any atom is -0.456 e. The Hall–Kier alpha value is -13.1. The van der Waals surface area contributed by atoms with E-state index >= 15 is 0 Å². The highest BCUT2D eigenvalue weighted by Gasteiger charge is 2.39. The summed E-state index contributed by atoms with van der Waals surface area (Å²) < 4.78 is 6.25. The van der Waals surface area contributed by atoms with Crippen molar-refractivity contribution in [3.8, 4) is 102 Å². The summed E-state index contributed by atoms with van der Waals surface area (Å²) in [4.78, 5) is 30.2. The third kappa shape index (κ3) is 9.64. The second-order valence-electron chi connectivity index (χ2n) is 28.4. The molecule has 0 unspecified atom stereocenters. The maximum absolute atomic E-state index is 6.25. The van der Waals surface area contributed by atoms with Crippen molar-refractivity contribution in [2.45, 2.75) is 38.5 Å². The van der Waals surface area contributed by atoms with Crippen LogP contribution in [-0.4, -0.2) is 29.9 Å². The van der Waals surface area contributed by atoms with Crippen LogP contribution in [-0.2, 0) is 10.8 Å². The van der Waals surface area contributed by atoms with E-state index in [9.17, 15) is 0 Å². The molecule has 3 aromatic heterocycles. The fourth-order valence-electron chi connectivity index (χ4n) is 16.8. The molecule has 3 heterocycles. The van der Waals surface area contributed by atoms with Crippen LogP contribution in [0.4, 0.5) is 0 Å². The lowest BCUT2D eigenvalue weighted by atomic mass is 9.78. The summed E-state index contributed by atoms with van der Waals surface area (Å²) in [5.74, 6) is 3.83. The highest BCUT2D eigenvalue weighted by Crippen LogP contribution is 2.56. The minimum atomic E-state index is -0.123. The van der Waals surface area contributed by atoms with Crippen LogP contribution in [0.1, 0.15) is 49.9 Å². The molecule has 16 aromatic carbocycles. The van der Waals surface area contributed by atoms with Crippen LogP contribution in [0, 0.1) is 0 Å². The molecule has 2 aliphatic carbocycles. The molecule has 19 aromatic rings. The van der Waals surface area contributed by atoms with E-state index in [1.54, 1.807) is 0 Å². The van der Waals surface area contributed by atoms with Gasteiger partial charge < -0.3 is 4.42 Å². The van der Waals surface area contributed by atoms with Gasteiger partial charge in [0.15, 0.2) is 34.9 Å². The highest BCUT2D eigenvalue weighted by atomic mass is 16.3. The molecular weight excluding hydrogens is 1250 g/mol. The van der Waals surface area contributed by atoms with Crippen molar-refractivity contribution in [1.82, 2.24) is 29.9 Å². The van der Waals surface area contributed by atoms with E-state index in [1.807, 2.05) is 78.9 Å². The summed E-state index contributed by atoms with van der Waals surface area (Å²) in [7, 11) is 0. The van der Waals surface area contributed by atoms with E-state index in [0.29, 0.717) is 34.9 Å². The molecule has 0 fully saturated rings. The summed E-state index contributed by atoms with van der Waals surface area (Å²) in [5, 5.41) is 17.2. The van der Waals surface area contributed by atoms with Crippen LogP contribution in [0.2, 0.25) is 0 Å². The Labute approximate surface area is 595 Å². The van der Waals surface area contributed by atoms with E-state index in [4.69, 9.17) is 34.3 Å². The van der Waals surface area contributed by atoms with Crippen molar-refractivity contribution in [3.63, 3.8) is 0 Å². The molecule has 103 heavy (non-hydrogen) atoms. The van der Waals surface area contributed by atoms with Crippen LogP contribution < -0.4 is 0 Å². The maximum Gasteiger partial charge on any atom is 0.164 e. The summed E-state index contributed by atoms with van der Waals surface area (Å²) in [6.45, 7) is 9.43. The lowest BCUT2D eigenvalue weighted by Crippen LogP contribution is -2.15. The molecule has 0 saturated heterocycles. The van der Waals surface area contributed by atoms with E-state index in [2.05, 4.69) is 264 Å². The van der Waals surface area contributed by atoms with E-state index in [1.165, 1.54) is 104 Å². The first-order chi connectivity index (χ1) is 50.6. The summed E-state index contributed by atoms with van der Waals surface area (Å²) in [5.41, 5.74) is 20.5. The predicted molar refractivity (Wildman–Crippen MR) is 425 cm³/mol. The van der Waals surface area contributed by atoms with Crippen molar-refractivity contribution >= 4 is 86.6 Å². The molecule has 2 aliphatic rings. The fourth-order valence-corrected chi connectivity index (χ4v) is 16.8. The monoisotopic (exact) mass is 1320 g/mol.